The van der Waals surface area contributed by atoms with Crippen molar-refractivity contribution in [3.8, 4) is 10.6 Å². The van der Waals surface area contributed by atoms with Crippen molar-refractivity contribution in [2.75, 3.05) is 33.2 Å². The zero-order valence-corrected chi connectivity index (χ0v) is 15.6. The monoisotopic (exact) mass is 393 g/mol. The van der Waals surface area contributed by atoms with Gasteiger partial charge in [0, 0.05) is 35.1 Å². The van der Waals surface area contributed by atoms with Crippen LogP contribution in [0.5, 0.6) is 0 Å². The van der Waals surface area contributed by atoms with Gasteiger partial charge in [0.1, 0.15) is 5.01 Å². The van der Waals surface area contributed by atoms with Crippen LogP contribution in [0.1, 0.15) is 12.1 Å². The summed E-state index contributed by atoms with van der Waals surface area (Å²) in [5.74, 6) is 0.186. The first-order chi connectivity index (χ1) is 11.1. The first-order valence-corrected chi connectivity index (χ1v) is 9.46. The van der Waals surface area contributed by atoms with Gasteiger partial charge in [-0.25, -0.2) is 4.98 Å². The molecule has 1 amide bonds. The third-order valence-electron chi connectivity index (χ3n) is 4.03. The van der Waals surface area contributed by atoms with E-state index in [9.17, 15) is 4.79 Å². The Hall–Kier alpha value is -1.24. The fourth-order valence-corrected chi connectivity index (χ4v) is 3.92. The van der Waals surface area contributed by atoms with Crippen LogP contribution >= 0.6 is 27.3 Å². The highest BCUT2D eigenvalue weighted by atomic mass is 79.9. The highest BCUT2D eigenvalue weighted by Crippen LogP contribution is 2.26. The molecule has 122 valence electrons. The normalized spacial score (nSPS) is 16.3. The Bertz CT molecular complexity index is 688. The molecule has 6 heteroatoms. The van der Waals surface area contributed by atoms with Gasteiger partial charge < -0.3 is 9.80 Å². The predicted octanol–water partition coefficient (Wildman–Crippen LogP) is 3.28. The van der Waals surface area contributed by atoms with E-state index in [-0.39, 0.29) is 5.91 Å². The molecule has 1 aliphatic rings. The Morgan fingerprint density at radius 2 is 2.17 bits per heavy atom. The Balaban J connectivity index is 1.65. The molecule has 0 atom stereocenters. The van der Waals surface area contributed by atoms with Crippen molar-refractivity contribution in [3.63, 3.8) is 0 Å². The molecule has 0 aliphatic carbocycles. The number of halogens is 1. The average Bonchev–Trinajstić information content (AvgIpc) is 2.88. The molecule has 0 radical (unpaired) electrons. The highest BCUT2D eigenvalue weighted by molar-refractivity contribution is 9.10. The van der Waals surface area contributed by atoms with Gasteiger partial charge in [-0.15, -0.1) is 11.3 Å². The second kappa shape index (κ2) is 7.55. The molecule has 1 fully saturated rings. The van der Waals surface area contributed by atoms with E-state index in [0.29, 0.717) is 6.42 Å². The van der Waals surface area contributed by atoms with E-state index in [2.05, 4.69) is 38.9 Å². The van der Waals surface area contributed by atoms with Crippen molar-refractivity contribution in [1.82, 2.24) is 14.8 Å². The number of likely N-dealkylation sites (N-methyl/N-ethyl adjacent to an activating group) is 1. The smallest absolute Gasteiger partial charge is 0.228 e. The second-order valence-electron chi connectivity index (χ2n) is 5.87. The molecule has 1 aromatic carbocycles. The van der Waals surface area contributed by atoms with Gasteiger partial charge in [-0.1, -0.05) is 28.1 Å². The largest absolute Gasteiger partial charge is 0.341 e. The Morgan fingerprint density at radius 3 is 3.00 bits per heavy atom. The van der Waals surface area contributed by atoms with E-state index in [1.807, 2.05) is 28.5 Å². The molecule has 4 nitrogen and oxygen atoms in total. The van der Waals surface area contributed by atoms with Gasteiger partial charge in [0.2, 0.25) is 5.91 Å². The fraction of sp³-hybridized carbons (Fsp3) is 0.412. The van der Waals surface area contributed by atoms with E-state index in [4.69, 9.17) is 0 Å². The van der Waals surface area contributed by atoms with E-state index < -0.39 is 0 Å². The summed E-state index contributed by atoms with van der Waals surface area (Å²) in [5, 5.41) is 2.96. The summed E-state index contributed by atoms with van der Waals surface area (Å²) in [4.78, 5) is 21.4. The molecular weight excluding hydrogens is 374 g/mol. The minimum Gasteiger partial charge on any atom is -0.341 e. The summed E-state index contributed by atoms with van der Waals surface area (Å²) >= 11 is 5.08. The number of thiazole rings is 1. The van der Waals surface area contributed by atoms with Gasteiger partial charge in [-0.3, -0.25) is 4.79 Å². The third-order valence-corrected chi connectivity index (χ3v) is 5.46. The molecule has 2 aromatic rings. The maximum atomic E-state index is 12.5. The summed E-state index contributed by atoms with van der Waals surface area (Å²) < 4.78 is 1.04. The lowest BCUT2D eigenvalue weighted by molar-refractivity contribution is -0.130. The van der Waals surface area contributed by atoms with Crippen molar-refractivity contribution in [2.45, 2.75) is 12.8 Å². The van der Waals surface area contributed by atoms with E-state index in [1.165, 1.54) is 0 Å². The standard InChI is InChI=1S/C17H20BrN3OS/c1-20-6-3-7-21(9-8-20)16(22)11-15-12-23-17(19-15)13-4-2-5-14(18)10-13/h2,4-5,10,12H,3,6-9,11H2,1H3. The molecule has 3 rings (SSSR count). The quantitative estimate of drug-likeness (QED) is 0.802. The number of nitrogens with zero attached hydrogens (tertiary/aromatic N) is 3. The number of aromatic nitrogens is 1. The van der Waals surface area contributed by atoms with Crippen LogP contribution in [0.15, 0.2) is 34.1 Å². The summed E-state index contributed by atoms with van der Waals surface area (Å²) in [6, 6.07) is 8.09. The summed E-state index contributed by atoms with van der Waals surface area (Å²) in [7, 11) is 2.11. The Labute approximate surface area is 149 Å². The van der Waals surface area contributed by atoms with Crippen LogP contribution in [0.25, 0.3) is 10.6 Å². The van der Waals surface area contributed by atoms with Gasteiger partial charge in [0.05, 0.1) is 12.1 Å². The third kappa shape index (κ3) is 4.40. The number of hydrogen-bond acceptors (Lipinski definition) is 4. The fourth-order valence-electron chi connectivity index (χ4n) is 2.70. The van der Waals surface area contributed by atoms with Crippen LogP contribution < -0.4 is 0 Å². The van der Waals surface area contributed by atoms with Crippen molar-refractivity contribution in [1.29, 1.82) is 0 Å². The Morgan fingerprint density at radius 1 is 1.30 bits per heavy atom. The van der Waals surface area contributed by atoms with Crippen LogP contribution in [0.2, 0.25) is 0 Å². The molecule has 0 unspecified atom stereocenters. The van der Waals surface area contributed by atoms with E-state index >= 15 is 0 Å². The predicted molar refractivity (Wildman–Crippen MR) is 97.6 cm³/mol. The van der Waals surface area contributed by atoms with Crippen molar-refractivity contribution < 1.29 is 4.79 Å². The first-order valence-electron chi connectivity index (χ1n) is 7.78. The van der Waals surface area contributed by atoms with Gasteiger partial charge in [-0.2, -0.15) is 0 Å². The van der Waals surface area contributed by atoms with E-state index in [0.717, 1.165) is 53.3 Å². The highest BCUT2D eigenvalue weighted by Gasteiger charge is 2.18. The molecule has 2 heterocycles. The molecule has 1 saturated heterocycles. The van der Waals surface area contributed by atoms with Gasteiger partial charge in [0.25, 0.3) is 0 Å². The van der Waals surface area contributed by atoms with Crippen LogP contribution in [0, 0.1) is 0 Å². The van der Waals surface area contributed by atoms with Crippen LogP contribution in [-0.2, 0) is 11.2 Å². The zero-order chi connectivity index (χ0) is 16.2. The molecule has 23 heavy (non-hydrogen) atoms. The van der Waals surface area contributed by atoms with Crippen LogP contribution in [-0.4, -0.2) is 53.9 Å². The maximum absolute atomic E-state index is 12.5. The number of hydrogen-bond donors (Lipinski definition) is 0. The van der Waals surface area contributed by atoms with Crippen molar-refractivity contribution >= 4 is 33.2 Å². The molecular formula is C17H20BrN3OS. The second-order valence-corrected chi connectivity index (χ2v) is 7.64. The lowest BCUT2D eigenvalue weighted by Crippen LogP contribution is -2.35. The summed E-state index contributed by atoms with van der Waals surface area (Å²) in [6.45, 7) is 3.68. The van der Waals surface area contributed by atoms with Gasteiger partial charge in [-0.05, 0) is 32.1 Å². The molecule has 1 aromatic heterocycles. The minimum atomic E-state index is 0.186. The number of carbonyl (C=O) groups excluding carboxylic acids is 1. The lowest BCUT2D eigenvalue weighted by Gasteiger charge is -2.20. The number of rotatable bonds is 3. The number of benzene rings is 1. The molecule has 0 bridgehead atoms. The molecule has 0 N–H and O–H groups in total. The lowest BCUT2D eigenvalue weighted by atomic mass is 10.2. The SMILES string of the molecule is CN1CCCN(C(=O)Cc2csc(-c3cccc(Br)c3)n2)CC1. The molecule has 1 aliphatic heterocycles. The van der Waals surface area contributed by atoms with Gasteiger partial charge >= 0.3 is 0 Å². The van der Waals surface area contributed by atoms with E-state index in [1.54, 1.807) is 11.3 Å². The van der Waals surface area contributed by atoms with Crippen LogP contribution in [0.4, 0.5) is 0 Å². The average molecular weight is 394 g/mol. The summed E-state index contributed by atoms with van der Waals surface area (Å²) in [6.07, 6.45) is 1.44. The Kier molecular flexibility index (Phi) is 5.46. The summed E-state index contributed by atoms with van der Waals surface area (Å²) in [5.41, 5.74) is 1.95. The topological polar surface area (TPSA) is 36.4 Å². The zero-order valence-electron chi connectivity index (χ0n) is 13.2. The number of carbonyl (C=O) groups is 1. The van der Waals surface area contributed by atoms with Gasteiger partial charge in [0.15, 0.2) is 0 Å². The number of amides is 1. The molecule has 0 saturated carbocycles. The minimum absolute atomic E-state index is 0.186. The molecule has 0 spiro atoms. The van der Waals surface area contributed by atoms with Crippen LogP contribution in [0.3, 0.4) is 0 Å². The maximum Gasteiger partial charge on any atom is 0.228 e. The first kappa shape index (κ1) is 16.6. The van der Waals surface area contributed by atoms with Crippen molar-refractivity contribution in [3.05, 3.63) is 39.8 Å². The van der Waals surface area contributed by atoms with Crippen molar-refractivity contribution in [2.24, 2.45) is 0 Å².